The summed E-state index contributed by atoms with van der Waals surface area (Å²) in [5.41, 5.74) is 0.533. The van der Waals surface area contributed by atoms with Crippen LogP contribution in [0.3, 0.4) is 0 Å². The Bertz CT molecular complexity index is 1140. The van der Waals surface area contributed by atoms with Gasteiger partial charge in [-0.2, -0.15) is 15.3 Å². The second-order valence-corrected chi connectivity index (χ2v) is 7.68. The van der Waals surface area contributed by atoms with Crippen molar-refractivity contribution in [3.05, 3.63) is 46.4 Å². The van der Waals surface area contributed by atoms with Crippen molar-refractivity contribution in [1.29, 1.82) is 5.26 Å². The molecule has 0 amide bonds. The summed E-state index contributed by atoms with van der Waals surface area (Å²) in [4.78, 5) is 3.69. The van der Waals surface area contributed by atoms with Crippen LogP contribution >= 0.6 is 15.9 Å². The molecule has 8 nitrogen and oxygen atoms in total. The molecule has 0 spiro atoms. The topological polar surface area (TPSA) is 109 Å². The molecule has 3 rings (SSSR count). The summed E-state index contributed by atoms with van der Waals surface area (Å²) < 4.78 is 48.7. The first-order valence-corrected chi connectivity index (χ1v) is 9.39. The van der Waals surface area contributed by atoms with Gasteiger partial charge in [-0.25, -0.2) is 17.3 Å². The van der Waals surface area contributed by atoms with E-state index in [4.69, 9.17) is 10.00 Å². The molecule has 3 aromatic heterocycles. The number of nitrogens with one attached hydrogen (secondary N) is 1. The first-order valence-electron chi connectivity index (χ1n) is 7.12. The zero-order valence-corrected chi connectivity index (χ0v) is 15.7. The molecule has 0 bridgehead atoms. The van der Waals surface area contributed by atoms with Crippen molar-refractivity contribution >= 4 is 37.3 Å². The van der Waals surface area contributed by atoms with E-state index in [1.54, 1.807) is 18.3 Å². The zero-order chi connectivity index (χ0) is 18.9. The summed E-state index contributed by atoms with van der Waals surface area (Å²) in [5, 5.41) is 12.7. The van der Waals surface area contributed by atoms with Gasteiger partial charge in [0.1, 0.15) is 4.90 Å². The Morgan fingerprint density at radius 3 is 2.92 bits per heavy atom. The molecule has 3 aromatic rings. The SMILES string of the molecule is COc1nc(NS(=O)(=O)c2cnn3cc(Br)ccc23)c(F)cc1CC#N. The molecule has 0 unspecified atom stereocenters. The van der Waals surface area contributed by atoms with Gasteiger partial charge in [0.15, 0.2) is 11.6 Å². The number of nitriles is 1. The molecule has 3 heterocycles. The molecule has 26 heavy (non-hydrogen) atoms. The largest absolute Gasteiger partial charge is 0.481 e. The minimum Gasteiger partial charge on any atom is -0.481 e. The van der Waals surface area contributed by atoms with Crippen molar-refractivity contribution in [2.24, 2.45) is 0 Å². The van der Waals surface area contributed by atoms with Gasteiger partial charge >= 0.3 is 0 Å². The number of sulfonamides is 1. The maximum Gasteiger partial charge on any atom is 0.266 e. The molecule has 0 radical (unpaired) electrons. The predicted molar refractivity (Wildman–Crippen MR) is 93.8 cm³/mol. The Morgan fingerprint density at radius 1 is 1.46 bits per heavy atom. The maximum atomic E-state index is 14.2. The summed E-state index contributed by atoms with van der Waals surface area (Å²) in [5.74, 6) is -1.48. The Morgan fingerprint density at radius 2 is 2.23 bits per heavy atom. The molecular formula is C15H11BrFN5O3S. The van der Waals surface area contributed by atoms with E-state index in [1.165, 1.54) is 11.6 Å². The third-order valence-corrected chi connectivity index (χ3v) is 5.27. The van der Waals surface area contributed by atoms with Crippen LogP contribution in [0.15, 0.2) is 40.0 Å². The smallest absolute Gasteiger partial charge is 0.266 e. The van der Waals surface area contributed by atoms with Gasteiger partial charge in [-0.3, -0.25) is 4.72 Å². The second kappa shape index (κ2) is 6.89. The van der Waals surface area contributed by atoms with Crippen LogP contribution < -0.4 is 9.46 Å². The van der Waals surface area contributed by atoms with Crippen molar-refractivity contribution < 1.29 is 17.5 Å². The quantitative estimate of drug-likeness (QED) is 0.653. The number of aromatic nitrogens is 3. The molecule has 134 valence electrons. The van der Waals surface area contributed by atoms with Gasteiger partial charge in [0.2, 0.25) is 5.88 Å². The summed E-state index contributed by atoms with van der Waals surface area (Å²) in [6.07, 6.45) is 2.62. The molecular weight excluding hydrogens is 429 g/mol. The number of pyridine rings is 2. The van der Waals surface area contributed by atoms with Crippen molar-refractivity contribution in [3.8, 4) is 11.9 Å². The lowest BCUT2D eigenvalue weighted by Gasteiger charge is -2.11. The number of hydrogen-bond acceptors (Lipinski definition) is 6. The maximum absolute atomic E-state index is 14.2. The van der Waals surface area contributed by atoms with Gasteiger partial charge < -0.3 is 4.74 Å². The molecule has 0 aliphatic heterocycles. The normalized spacial score (nSPS) is 11.3. The van der Waals surface area contributed by atoms with E-state index in [0.29, 0.717) is 5.52 Å². The van der Waals surface area contributed by atoms with Crippen molar-refractivity contribution in [3.63, 3.8) is 0 Å². The van der Waals surface area contributed by atoms with Crippen LogP contribution in [0.2, 0.25) is 0 Å². The molecule has 0 aromatic carbocycles. The van der Waals surface area contributed by atoms with Crippen LogP contribution in [0.4, 0.5) is 10.2 Å². The van der Waals surface area contributed by atoms with E-state index in [9.17, 15) is 12.8 Å². The second-order valence-electron chi connectivity index (χ2n) is 5.11. The van der Waals surface area contributed by atoms with Crippen LogP contribution in [-0.2, 0) is 16.4 Å². The fourth-order valence-corrected chi connectivity index (χ4v) is 3.75. The van der Waals surface area contributed by atoms with Crippen molar-refractivity contribution in [2.45, 2.75) is 11.3 Å². The van der Waals surface area contributed by atoms with E-state index in [2.05, 4.69) is 30.7 Å². The summed E-state index contributed by atoms with van der Waals surface area (Å²) in [6.45, 7) is 0. The van der Waals surface area contributed by atoms with Gasteiger partial charge in [-0.05, 0) is 34.1 Å². The molecule has 0 aliphatic carbocycles. The van der Waals surface area contributed by atoms with Gasteiger partial charge in [-0.15, -0.1) is 0 Å². The number of hydrogen-bond donors (Lipinski definition) is 1. The van der Waals surface area contributed by atoms with E-state index < -0.39 is 21.7 Å². The first kappa shape index (κ1) is 18.1. The average molecular weight is 440 g/mol. The molecule has 0 aliphatic rings. The Balaban J connectivity index is 2.03. The highest BCUT2D eigenvalue weighted by molar-refractivity contribution is 9.10. The Hall–Kier alpha value is -2.71. The number of anilines is 1. The third-order valence-electron chi connectivity index (χ3n) is 3.44. The van der Waals surface area contributed by atoms with Gasteiger partial charge in [0.25, 0.3) is 10.0 Å². The van der Waals surface area contributed by atoms with Crippen molar-refractivity contribution in [1.82, 2.24) is 14.6 Å². The molecule has 11 heteroatoms. The third kappa shape index (κ3) is 3.33. The van der Waals surface area contributed by atoms with Gasteiger partial charge in [-0.1, -0.05) is 0 Å². The number of methoxy groups -OCH3 is 1. The lowest BCUT2D eigenvalue weighted by atomic mass is 10.2. The van der Waals surface area contributed by atoms with Crippen LogP contribution in [0.5, 0.6) is 5.88 Å². The number of fused-ring (bicyclic) bond motifs is 1. The van der Waals surface area contributed by atoms with E-state index in [0.717, 1.165) is 16.7 Å². The van der Waals surface area contributed by atoms with E-state index >= 15 is 0 Å². The van der Waals surface area contributed by atoms with Crippen LogP contribution in [0.25, 0.3) is 5.52 Å². The standard InChI is InChI=1S/C15H11BrFN5O3S/c1-25-15-9(4-5-18)6-11(17)14(20-15)21-26(23,24)13-7-19-22-8-10(16)2-3-12(13)22/h2-3,6-8H,4H2,1H3,(H,20,21). The molecule has 0 saturated heterocycles. The van der Waals surface area contributed by atoms with Crippen molar-refractivity contribution in [2.75, 3.05) is 11.8 Å². The number of nitrogens with zero attached hydrogens (tertiary/aromatic N) is 4. The highest BCUT2D eigenvalue weighted by Crippen LogP contribution is 2.26. The fourth-order valence-electron chi connectivity index (χ4n) is 2.29. The average Bonchev–Trinajstić information content (AvgIpc) is 3.01. The summed E-state index contributed by atoms with van der Waals surface area (Å²) in [7, 11) is -2.86. The lowest BCUT2D eigenvalue weighted by molar-refractivity contribution is 0.392. The predicted octanol–water partition coefficient (Wildman–Crippen LogP) is 2.51. The fraction of sp³-hybridized carbons (Fsp3) is 0.133. The molecule has 0 saturated carbocycles. The lowest BCUT2D eigenvalue weighted by Crippen LogP contribution is -2.15. The summed E-state index contributed by atoms with van der Waals surface area (Å²) >= 11 is 3.27. The van der Waals surface area contributed by atoms with E-state index in [1.807, 2.05) is 6.07 Å². The Kier molecular flexibility index (Phi) is 4.80. The highest BCUT2D eigenvalue weighted by Gasteiger charge is 2.23. The van der Waals surface area contributed by atoms with Gasteiger partial charge in [0, 0.05) is 16.2 Å². The minimum absolute atomic E-state index is 0.0329. The molecule has 1 N–H and O–H groups in total. The van der Waals surface area contributed by atoms with Crippen LogP contribution in [0, 0.1) is 17.1 Å². The van der Waals surface area contributed by atoms with Crippen LogP contribution in [0.1, 0.15) is 5.56 Å². The minimum atomic E-state index is -4.15. The monoisotopic (exact) mass is 439 g/mol. The molecule has 0 fully saturated rings. The molecule has 0 atom stereocenters. The van der Waals surface area contributed by atoms with E-state index in [-0.39, 0.29) is 22.8 Å². The first-order chi connectivity index (χ1) is 12.4. The number of ether oxygens (including phenoxy) is 1. The summed E-state index contributed by atoms with van der Waals surface area (Å²) in [6, 6.07) is 6.10. The Labute approximate surface area is 156 Å². The van der Waals surface area contributed by atoms with Gasteiger partial charge in [0.05, 0.1) is 31.3 Å². The highest BCUT2D eigenvalue weighted by atomic mass is 79.9. The zero-order valence-electron chi connectivity index (χ0n) is 13.3. The number of halogens is 2. The van der Waals surface area contributed by atoms with Crippen LogP contribution in [-0.4, -0.2) is 30.1 Å². The number of rotatable bonds is 5.